The van der Waals surface area contributed by atoms with E-state index in [2.05, 4.69) is 15.2 Å². The largest absolute Gasteiger partial charge is 0.387 e. The van der Waals surface area contributed by atoms with Crippen molar-refractivity contribution in [3.63, 3.8) is 0 Å². The molecule has 19 heavy (non-hydrogen) atoms. The molecule has 0 bridgehead atoms. The summed E-state index contributed by atoms with van der Waals surface area (Å²) in [5.74, 6) is 3.37. The molecule has 2 rings (SSSR count). The second-order valence-corrected chi connectivity index (χ2v) is 6.59. The van der Waals surface area contributed by atoms with E-state index >= 15 is 0 Å². The van der Waals surface area contributed by atoms with E-state index in [0.717, 1.165) is 50.0 Å². The molecule has 0 aromatic rings. The number of ether oxygens (including phenoxy) is 1. The van der Waals surface area contributed by atoms with Gasteiger partial charge in [-0.2, -0.15) is 11.8 Å². The fourth-order valence-corrected chi connectivity index (χ4v) is 4.00. The third kappa shape index (κ3) is 4.00. The van der Waals surface area contributed by atoms with Gasteiger partial charge in [-0.25, -0.2) is 0 Å². The van der Waals surface area contributed by atoms with Gasteiger partial charge in [0.15, 0.2) is 5.96 Å². The summed E-state index contributed by atoms with van der Waals surface area (Å²) in [6.45, 7) is 3.41. The average molecular weight is 287 g/mol. The van der Waals surface area contributed by atoms with Crippen molar-refractivity contribution in [2.75, 3.05) is 51.9 Å². The highest BCUT2D eigenvalue weighted by Gasteiger charge is 2.33. The minimum atomic E-state index is -0.563. The smallest absolute Gasteiger partial charge is 0.193 e. The molecule has 2 aliphatic heterocycles. The summed E-state index contributed by atoms with van der Waals surface area (Å²) in [6.07, 6.45) is 2.02. The standard InChI is InChI=1S/C13H25N3O2S/c1-14-12(15-9-13(17)4-6-19-10-13)16-5-3-11(7-16)8-18-2/h11,17H,3-10H2,1-2H3,(H,14,15). The maximum absolute atomic E-state index is 10.3. The number of nitrogens with one attached hydrogen (secondary N) is 1. The van der Waals surface area contributed by atoms with E-state index in [-0.39, 0.29) is 0 Å². The monoisotopic (exact) mass is 287 g/mol. The van der Waals surface area contributed by atoms with Crippen LogP contribution >= 0.6 is 11.8 Å². The number of hydrogen-bond acceptors (Lipinski definition) is 4. The Balaban J connectivity index is 1.81. The van der Waals surface area contributed by atoms with Crippen molar-refractivity contribution in [2.24, 2.45) is 10.9 Å². The van der Waals surface area contributed by atoms with Crippen LogP contribution in [-0.4, -0.2) is 73.5 Å². The Morgan fingerprint density at radius 1 is 1.63 bits per heavy atom. The molecule has 6 heteroatoms. The van der Waals surface area contributed by atoms with Gasteiger partial charge in [0, 0.05) is 45.5 Å². The highest BCUT2D eigenvalue weighted by Crippen LogP contribution is 2.27. The van der Waals surface area contributed by atoms with Crippen LogP contribution in [0.3, 0.4) is 0 Å². The fourth-order valence-electron chi connectivity index (χ4n) is 2.71. The number of nitrogens with zero attached hydrogens (tertiary/aromatic N) is 2. The lowest BCUT2D eigenvalue weighted by molar-refractivity contribution is 0.0718. The SMILES string of the molecule is CN=C(NCC1(O)CCSC1)N1CCC(COC)C1. The summed E-state index contributed by atoms with van der Waals surface area (Å²) in [6, 6.07) is 0. The van der Waals surface area contributed by atoms with Gasteiger partial charge in [-0.3, -0.25) is 4.99 Å². The van der Waals surface area contributed by atoms with Gasteiger partial charge in [0.1, 0.15) is 0 Å². The van der Waals surface area contributed by atoms with Gasteiger partial charge in [-0.1, -0.05) is 0 Å². The minimum absolute atomic E-state index is 0.563. The predicted molar refractivity (Wildman–Crippen MR) is 79.8 cm³/mol. The summed E-state index contributed by atoms with van der Waals surface area (Å²) in [4.78, 5) is 6.59. The lowest BCUT2D eigenvalue weighted by Crippen LogP contribution is -2.48. The number of thioether (sulfide) groups is 1. The quantitative estimate of drug-likeness (QED) is 0.579. The van der Waals surface area contributed by atoms with E-state index < -0.39 is 5.60 Å². The zero-order chi connectivity index (χ0) is 13.7. The number of likely N-dealkylation sites (tertiary alicyclic amines) is 1. The van der Waals surface area contributed by atoms with Crippen LogP contribution in [-0.2, 0) is 4.74 Å². The Morgan fingerprint density at radius 3 is 3.11 bits per heavy atom. The Hall–Kier alpha value is -0.460. The van der Waals surface area contributed by atoms with Crippen molar-refractivity contribution in [3.05, 3.63) is 0 Å². The first-order valence-corrected chi connectivity index (χ1v) is 8.07. The molecule has 2 saturated heterocycles. The van der Waals surface area contributed by atoms with Gasteiger partial charge in [-0.05, 0) is 18.6 Å². The molecule has 0 aromatic carbocycles. The average Bonchev–Trinajstić information content (AvgIpc) is 3.01. The van der Waals surface area contributed by atoms with Gasteiger partial charge in [0.25, 0.3) is 0 Å². The predicted octanol–water partition coefficient (Wildman–Crippen LogP) is 0.398. The molecular formula is C13H25N3O2S. The molecule has 0 aliphatic carbocycles. The number of aliphatic hydroxyl groups is 1. The van der Waals surface area contributed by atoms with E-state index in [1.54, 1.807) is 14.2 Å². The lowest BCUT2D eigenvalue weighted by atomic mass is 10.0. The van der Waals surface area contributed by atoms with Crippen LogP contribution in [0.4, 0.5) is 0 Å². The molecule has 2 aliphatic rings. The molecule has 0 amide bonds. The highest BCUT2D eigenvalue weighted by atomic mass is 32.2. The molecule has 2 unspecified atom stereocenters. The molecule has 110 valence electrons. The maximum Gasteiger partial charge on any atom is 0.193 e. The Kier molecular flexibility index (Phi) is 5.36. The van der Waals surface area contributed by atoms with Crippen molar-refractivity contribution >= 4 is 17.7 Å². The van der Waals surface area contributed by atoms with Crippen LogP contribution in [0.5, 0.6) is 0 Å². The van der Waals surface area contributed by atoms with Crippen molar-refractivity contribution in [2.45, 2.75) is 18.4 Å². The number of guanidine groups is 1. The summed E-state index contributed by atoms with van der Waals surface area (Å²) < 4.78 is 5.22. The summed E-state index contributed by atoms with van der Waals surface area (Å²) >= 11 is 1.82. The van der Waals surface area contributed by atoms with E-state index in [9.17, 15) is 5.11 Å². The number of rotatable bonds is 4. The Labute approximate surface area is 119 Å². The van der Waals surface area contributed by atoms with Crippen LogP contribution in [0.25, 0.3) is 0 Å². The molecule has 0 aromatic heterocycles. The minimum Gasteiger partial charge on any atom is -0.387 e. The summed E-state index contributed by atoms with van der Waals surface area (Å²) in [5.41, 5.74) is -0.563. The highest BCUT2D eigenvalue weighted by molar-refractivity contribution is 7.99. The fraction of sp³-hybridized carbons (Fsp3) is 0.923. The molecular weight excluding hydrogens is 262 g/mol. The van der Waals surface area contributed by atoms with Crippen LogP contribution in [0.1, 0.15) is 12.8 Å². The van der Waals surface area contributed by atoms with Crippen molar-refractivity contribution in [3.8, 4) is 0 Å². The lowest BCUT2D eigenvalue weighted by Gasteiger charge is -2.27. The third-order valence-corrected chi connectivity index (χ3v) is 5.09. The van der Waals surface area contributed by atoms with Gasteiger partial charge < -0.3 is 20.1 Å². The third-order valence-electron chi connectivity index (χ3n) is 3.86. The van der Waals surface area contributed by atoms with E-state index in [1.165, 1.54) is 0 Å². The van der Waals surface area contributed by atoms with Gasteiger partial charge >= 0.3 is 0 Å². The number of methoxy groups -OCH3 is 1. The summed E-state index contributed by atoms with van der Waals surface area (Å²) in [7, 11) is 3.56. The zero-order valence-electron chi connectivity index (χ0n) is 11.9. The van der Waals surface area contributed by atoms with Gasteiger partial charge in [-0.15, -0.1) is 0 Å². The molecule has 2 atom stereocenters. The van der Waals surface area contributed by atoms with E-state index in [4.69, 9.17) is 4.74 Å². The van der Waals surface area contributed by atoms with Gasteiger partial charge in [0.05, 0.1) is 12.2 Å². The van der Waals surface area contributed by atoms with Crippen molar-refractivity contribution in [1.82, 2.24) is 10.2 Å². The molecule has 0 radical (unpaired) electrons. The molecule has 5 nitrogen and oxygen atoms in total. The number of hydrogen-bond donors (Lipinski definition) is 2. The molecule has 0 saturated carbocycles. The first kappa shape index (κ1) is 14.9. The first-order valence-electron chi connectivity index (χ1n) is 6.91. The van der Waals surface area contributed by atoms with Crippen LogP contribution in [0.2, 0.25) is 0 Å². The molecule has 0 spiro atoms. The van der Waals surface area contributed by atoms with Crippen LogP contribution in [0, 0.1) is 5.92 Å². The van der Waals surface area contributed by atoms with Crippen molar-refractivity contribution < 1.29 is 9.84 Å². The summed E-state index contributed by atoms with van der Waals surface area (Å²) in [5, 5.41) is 13.7. The van der Waals surface area contributed by atoms with E-state index in [0.29, 0.717) is 12.5 Å². The van der Waals surface area contributed by atoms with E-state index in [1.807, 2.05) is 11.8 Å². The van der Waals surface area contributed by atoms with Crippen molar-refractivity contribution in [1.29, 1.82) is 0 Å². The molecule has 2 N–H and O–H groups in total. The van der Waals surface area contributed by atoms with Crippen LogP contribution < -0.4 is 5.32 Å². The maximum atomic E-state index is 10.3. The number of aliphatic imine (C=N–C) groups is 1. The van der Waals surface area contributed by atoms with Crippen LogP contribution in [0.15, 0.2) is 4.99 Å². The van der Waals surface area contributed by atoms with Gasteiger partial charge in [0.2, 0.25) is 0 Å². The first-order chi connectivity index (χ1) is 9.17. The molecule has 2 fully saturated rings. The normalized spacial score (nSPS) is 32.1. The zero-order valence-corrected chi connectivity index (χ0v) is 12.7. The molecule has 2 heterocycles. The second kappa shape index (κ2) is 6.81. The second-order valence-electron chi connectivity index (χ2n) is 5.48. The Bertz CT molecular complexity index is 319. The Morgan fingerprint density at radius 2 is 2.47 bits per heavy atom. The topological polar surface area (TPSA) is 57.1 Å².